The Labute approximate surface area is 99.1 Å². The van der Waals surface area contributed by atoms with Gasteiger partial charge in [0.05, 0.1) is 6.54 Å². The highest BCUT2D eigenvalue weighted by molar-refractivity contribution is 5.32. The molecule has 17 heavy (non-hydrogen) atoms. The number of hydrogen-bond acceptors (Lipinski definition) is 4. The van der Waals surface area contributed by atoms with Crippen molar-refractivity contribution in [2.24, 2.45) is 0 Å². The molecule has 1 aromatic carbocycles. The fourth-order valence-electron chi connectivity index (χ4n) is 2.15. The van der Waals surface area contributed by atoms with Crippen molar-refractivity contribution in [3.05, 3.63) is 41.7 Å². The predicted molar refractivity (Wildman–Crippen MR) is 63.6 cm³/mol. The maximum Gasteiger partial charge on any atom is 0.221 e. The van der Waals surface area contributed by atoms with Gasteiger partial charge in [0.1, 0.15) is 6.61 Å². The van der Waals surface area contributed by atoms with Gasteiger partial charge in [0.2, 0.25) is 5.95 Å². The van der Waals surface area contributed by atoms with Crippen LogP contribution in [-0.2, 0) is 13.2 Å². The standard InChI is InChI=1S/C12H14N4O/c17-8-11-14-12-13-6-10(7-16(12)15-11)9-4-2-1-3-5-9/h1-5,10,17H,6-8H2,(H,13,14,15). The van der Waals surface area contributed by atoms with Crippen LogP contribution < -0.4 is 5.32 Å². The summed E-state index contributed by atoms with van der Waals surface area (Å²) in [6.07, 6.45) is 0. The van der Waals surface area contributed by atoms with Crippen LogP contribution in [0, 0.1) is 0 Å². The first kappa shape index (κ1) is 10.3. The van der Waals surface area contributed by atoms with Gasteiger partial charge in [0.15, 0.2) is 5.82 Å². The zero-order valence-electron chi connectivity index (χ0n) is 9.37. The molecule has 1 aromatic heterocycles. The van der Waals surface area contributed by atoms with E-state index in [4.69, 9.17) is 5.11 Å². The first-order chi connectivity index (χ1) is 8.36. The minimum Gasteiger partial charge on any atom is -0.388 e. The molecule has 0 saturated heterocycles. The van der Waals surface area contributed by atoms with Crippen LogP contribution in [0.5, 0.6) is 0 Å². The number of fused-ring (bicyclic) bond motifs is 1. The Bertz CT molecular complexity index is 508. The van der Waals surface area contributed by atoms with Crippen molar-refractivity contribution in [2.75, 3.05) is 11.9 Å². The number of anilines is 1. The minimum atomic E-state index is -0.113. The average molecular weight is 230 g/mol. The van der Waals surface area contributed by atoms with Gasteiger partial charge in [-0.3, -0.25) is 0 Å². The van der Waals surface area contributed by atoms with Crippen molar-refractivity contribution in [3.63, 3.8) is 0 Å². The number of aliphatic hydroxyl groups is 1. The van der Waals surface area contributed by atoms with Crippen LogP contribution in [0.4, 0.5) is 5.95 Å². The number of aromatic nitrogens is 3. The molecule has 5 heteroatoms. The van der Waals surface area contributed by atoms with Gasteiger partial charge in [-0.25, -0.2) is 4.68 Å². The fourth-order valence-corrected chi connectivity index (χ4v) is 2.15. The summed E-state index contributed by atoms with van der Waals surface area (Å²) in [5, 5.41) is 16.5. The number of nitrogens with zero attached hydrogens (tertiary/aromatic N) is 3. The molecule has 1 aliphatic heterocycles. The average Bonchev–Trinajstić information content (AvgIpc) is 2.81. The lowest BCUT2D eigenvalue weighted by Gasteiger charge is -2.23. The molecule has 0 bridgehead atoms. The van der Waals surface area contributed by atoms with Crippen LogP contribution in [0.15, 0.2) is 30.3 Å². The Kier molecular flexibility index (Phi) is 2.53. The molecule has 0 spiro atoms. The summed E-state index contributed by atoms with van der Waals surface area (Å²) in [5.41, 5.74) is 1.30. The second-order valence-corrected chi connectivity index (χ2v) is 4.18. The Morgan fingerprint density at radius 3 is 2.94 bits per heavy atom. The normalized spacial score (nSPS) is 18.5. The zero-order valence-corrected chi connectivity index (χ0v) is 9.37. The van der Waals surface area contributed by atoms with E-state index in [9.17, 15) is 0 Å². The van der Waals surface area contributed by atoms with Gasteiger partial charge in [-0.05, 0) is 5.56 Å². The lowest BCUT2D eigenvalue weighted by atomic mass is 9.98. The van der Waals surface area contributed by atoms with Gasteiger partial charge in [-0.1, -0.05) is 30.3 Å². The Hall–Kier alpha value is -1.88. The van der Waals surface area contributed by atoms with E-state index < -0.39 is 0 Å². The van der Waals surface area contributed by atoms with Crippen molar-refractivity contribution in [1.82, 2.24) is 14.8 Å². The van der Waals surface area contributed by atoms with Crippen molar-refractivity contribution in [2.45, 2.75) is 19.1 Å². The smallest absolute Gasteiger partial charge is 0.221 e. The largest absolute Gasteiger partial charge is 0.388 e. The maximum atomic E-state index is 9.00. The third kappa shape index (κ3) is 1.89. The molecule has 5 nitrogen and oxygen atoms in total. The first-order valence-electron chi connectivity index (χ1n) is 5.70. The van der Waals surface area contributed by atoms with Gasteiger partial charge in [-0.2, -0.15) is 10.1 Å². The molecule has 0 saturated carbocycles. The SMILES string of the molecule is OCc1nc2n(n1)CC(c1ccccc1)CN2. The monoisotopic (exact) mass is 230 g/mol. The van der Waals surface area contributed by atoms with E-state index in [0.29, 0.717) is 11.7 Å². The second-order valence-electron chi connectivity index (χ2n) is 4.18. The first-order valence-corrected chi connectivity index (χ1v) is 5.70. The van der Waals surface area contributed by atoms with Crippen LogP contribution in [0.2, 0.25) is 0 Å². The zero-order chi connectivity index (χ0) is 11.7. The van der Waals surface area contributed by atoms with E-state index >= 15 is 0 Å². The van der Waals surface area contributed by atoms with Gasteiger partial charge in [-0.15, -0.1) is 0 Å². The molecule has 1 aliphatic rings. The van der Waals surface area contributed by atoms with Gasteiger partial charge in [0, 0.05) is 12.5 Å². The molecular formula is C12H14N4O. The number of rotatable bonds is 2. The van der Waals surface area contributed by atoms with Crippen molar-refractivity contribution in [3.8, 4) is 0 Å². The van der Waals surface area contributed by atoms with Gasteiger partial charge < -0.3 is 10.4 Å². The minimum absolute atomic E-state index is 0.113. The van der Waals surface area contributed by atoms with Crippen molar-refractivity contribution >= 4 is 5.95 Å². The van der Waals surface area contributed by atoms with Crippen molar-refractivity contribution < 1.29 is 5.11 Å². The van der Waals surface area contributed by atoms with E-state index in [2.05, 4.69) is 27.5 Å². The number of benzene rings is 1. The molecule has 0 amide bonds. The molecule has 2 heterocycles. The third-order valence-corrected chi connectivity index (χ3v) is 3.03. The summed E-state index contributed by atoms with van der Waals surface area (Å²) < 4.78 is 1.83. The Morgan fingerprint density at radius 2 is 2.18 bits per heavy atom. The van der Waals surface area contributed by atoms with E-state index in [-0.39, 0.29) is 6.61 Å². The second kappa shape index (κ2) is 4.18. The Balaban J connectivity index is 1.85. The van der Waals surface area contributed by atoms with E-state index in [1.54, 1.807) is 0 Å². The Morgan fingerprint density at radius 1 is 1.35 bits per heavy atom. The summed E-state index contributed by atoms with van der Waals surface area (Å²) in [5.74, 6) is 1.62. The van der Waals surface area contributed by atoms with Crippen LogP contribution in [-0.4, -0.2) is 26.4 Å². The molecular weight excluding hydrogens is 216 g/mol. The van der Waals surface area contributed by atoms with Crippen LogP contribution in [0.1, 0.15) is 17.3 Å². The lowest BCUT2D eigenvalue weighted by molar-refractivity contribution is 0.270. The molecule has 0 fully saturated rings. The molecule has 1 atom stereocenters. The number of hydrogen-bond donors (Lipinski definition) is 2. The molecule has 88 valence electrons. The quantitative estimate of drug-likeness (QED) is 0.807. The summed E-state index contributed by atoms with van der Waals surface area (Å²) >= 11 is 0. The molecule has 0 aliphatic carbocycles. The highest BCUT2D eigenvalue weighted by atomic mass is 16.3. The molecule has 2 aromatic rings. The summed E-state index contributed by atoms with van der Waals surface area (Å²) in [6.45, 7) is 1.55. The number of aliphatic hydroxyl groups excluding tert-OH is 1. The summed E-state index contributed by atoms with van der Waals surface area (Å²) in [7, 11) is 0. The van der Waals surface area contributed by atoms with Gasteiger partial charge >= 0.3 is 0 Å². The molecule has 3 rings (SSSR count). The maximum absolute atomic E-state index is 9.00. The highest BCUT2D eigenvalue weighted by Gasteiger charge is 2.21. The molecule has 1 unspecified atom stereocenters. The summed E-state index contributed by atoms with van der Waals surface area (Å²) in [4.78, 5) is 4.19. The fraction of sp³-hybridized carbons (Fsp3) is 0.333. The topological polar surface area (TPSA) is 63.0 Å². The molecule has 0 radical (unpaired) electrons. The van der Waals surface area contributed by atoms with E-state index in [0.717, 1.165) is 19.0 Å². The van der Waals surface area contributed by atoms with Crippen LogP contribution in [0.25, 0.3) is 0 Å². The highest BCUT2D eigenvalue weighted by Crippen LogP contribution is 2.23. The van der Waals surface area contributed by atoms with Crippen molar-refractivity contribution in [1.29, 1.82) is 0 Å². The molecule has 2 N–H and O–H groups in total. The van der Waals surface area contributed by atoms with Crippen LogP contribution >= 0.6 is 0 Å². The number of nitrogens with one attached hydrogen (secondary N) is 1. The summed E-state index contributed by atoms with van der Waals surface area (Å²) in [6, 6.07) is 10.4. The van der Waals surface area contributed by atoms with E-state index in [1.165, 1.54) is 5.56 Å². The lowest BCUT2D eigenvalue weighted by Crippen LogP contribution is -2.26. The van der Waals surface area contributed by atoms with E-state index in [1.807, 2.05) is 22.9 Å². The predicted octanol–water partition coefficient (Wildman–Crippen LogP) is 0.980. The third-order valence-electron chi connectivity index (χ3n) is 3.03. The van der Waals surface area contributed by atoms with Gasteiger partial charge in [0.25, 0.3) is 0 Å². The van der Waals surface area contributed by atoms with Crippen LogP contribution in [0.3, 0.4) is 0 Å².